The Hall–Kier alpha value is -3.28. The van der Waals surface area contributed by atoms with E-state index in [0.29, 0.717) is 17.1 Å². The molecular formula is C16H13N3O3. The zero-order valence-corrected chi connectivity index (χ0v) is 11.6. The number of anilines is 1. The highest BCUT2D eigenvalue weighted by atomic mass is 16.4. The molecule has 22 heavy (non-hydrogen) atoms. The molecule has 0 saturated heterocycles. The molecule has 0 fully saturated rings. The van der Waals surface area contributed by atoms with Crippen LogP contribution in [0.4, 0.5) is 17.1 Å². The van der Waals surface area contributed by atoms with E-state index in [-0.39, 0.29) is 11.5 Å². The minimum absolute atomic E-state index is 0.196. The minimum Gasteiger partial charge on any atom is -0.478 e. The maximum atomic E-state index is 11.1. The van der Waals surface area contributed by atoms with Crippen LogP contribution < -0.4 is 5.32 Å². The van der Waals surface area contributed by atoms with Crippen LogP contribution in [-0.2, 0) is 4.79 Å². The topological polar surface area (TPSA) is 91.1 Å². The van der Waals surface area contributed by atoms with Crippen molar-refractivity contribution >= 4 is 28.9 Å². The van der Waals surface area contributed by atoms with E-state index in [1.165, 1.54) is 18.2 Å². The first-order valence-corrected chi connectivity index (χ1v) is 6.37. The molecule has 2 N–H and O–H groups in total. The fourth-order valence-electron chi connectivity index (χ4n) is 1.59. The highest BCUT2D eigenvalue weighted by molar-refractivity contribution is 5.98. The van der Waals surface area contributed by atoms with Crippen LogP contribution in [0.5, 0.6) is 0 Å². The number of nitrogens with one attached hydrogen (secondary N) is 1. The van der Waals surface area contributed by atoms with Gasteiger partial charge in [0.2, 0.25) is 5.91 Å². The number of carbonyl (C=O) groups is 2. The summed E-state index contributed by atoms with van der Waals surface area (Å²) < 4.78 is 0. The van der Waals surface area contributed by atoms with E-state index < -0.39 is 5.97 Å². The first-order valence-electron chi connectivity index (χ1n) is 6.37. The number of nitrogens with zero attached hydrogens (tertiary/aromatic N) is 2. The summed E-state index contributed by atoms with van der Waals surface area (Å²) in [6.07, 6.45) is 1.19. The second-order valence-electron chi connectivity index (χ2n) is 4.29. The normalized spacial score (nSPS) is 10.4. The Morgan fingerprint density at radius 3 is 1.91 bits per heavy atom. The fraction of sp³-hybridized carbons (Fsp3) is 0. The van der Waals surface area contributed by atoms with Gasteiger partial charge in [-0.1, -0.05) is 6.58 Å². The highest BCUT2D eigenvalue weighted by Gasteiger charge is 2.01. The van der Waals surface area contributed by atoms with Crippen molar-refractivity contribution in [3.05, 3.63) is 66.7 Å². The van der Waals surface area contributed by atoms with Gasteiger partial charge in [-0.15, -0.1) is 0 Å². The SMILES string of the molecule is C=CC(=O)Nc1ccc(/N=N/c2ccc(C(=O)O)cc2)cc1. The molecule has 0 aliphatic carbocycles. The van der Waals surface area contributed by atoms with Gasteiger partial charge in [-0.05, 0) is 54.6 Å². The van der Waals surface area contributed by atoms with Crippen LogP contribution in [0.3, 0.4) is 0 Å². The maximum Gasteiger partial charge on any atom is 0.335 e. The molecule has 0 radical (unpaired) electrons. The minimum atomic E-state index is -0.986. The molecule has 0 unspecified atom stereocenters. The number of carboxylic acids is 1. The average molecular weight is 295 g/mol. The molecule has 0 spiro atoms. The summed E-state index contributed by atoms with van der Waals surface area (Å²) >= 11 is 0. The van der Waals surface area contributed by atoms with Crippen molar-refractivity contribution in [2.75, 3.05) is 5.32 Å². The predicted molar refractivity (Wildman–Crippen MR) is 82.8 cm³/mol. The van der Waals surface area contributed by atoms with E-state index in [0.717, 1.165) is 0 Å². The first-order chi connectivity index (χ1) is 10.6. The van der Waals surface area contributed by atoms with Crippen molar-refractivity contribution in [2.24, 2.45) is 10.2 Å². The lowest BCUT2D eigenvalue weighted by Gasteiger charge is -2.01. The van der Waals surface area contributed by atoms with E-state index in [1.807, 2.05) is 0 Å². The summed E-state index contributed by atoms with van der Waals surface area (Å²) in [5.41, 5.74) is 1.99. The van der Waals surface area contributed by atoms with Crippen molar-refractivity contribution in [1.82, 2.24) is 0 Å². The molecule has 110 valence electrons. The largest absolute Gasteiger partial charge is 0.478 e. The van der Waals surface area contributed by atoms with Crippen molar-refractivity contribution in [3.8, 4) is 0 Å². The molecule has 0 aromatic heterocycles. The van der Waals surface area contributed by atoms with Gasteiger partial charge in [0.05, 0.1) is 16.9 Å². The molecule has 2 aromatic carbocycles. The summed E-state index contributed by atoms with van der Waals surface area (Å²) in [5, 5.41) is 19.5. The summed E-state index contributed by atoms with van der Waals surface area (Å²) in [6.45, 7) is 3.37. The fourth-order valence-corrected chi connectivity index (χ4v) is 1.59. The second-order valence-corrected chi connectivity index (χ2v) is 4.29. The van der Waals surface area contributed by atoms with Gasteiger partial charge in [-0.2, -0.15) is 10.2 Å². The quantitative estimate of drug-likeness (QED) is 0.646. The third-order valence-electron chi connectivity index (χ3n) is 2.72. The molecule has 0 saturated carbocycles. The number of benzene rings is 2. The van der Waals surface area contributed by atoms with Crippen LogP contribution in [-0.4, -0.2) is 17.0 Å². The monoisotopic (exact) mass is 295 g/mol. The van der Waals surface area contributed by atoms with Crippen molar-refractivity contribution < 1.29 is 14.7 Å². The Bertz CT molecular complexity index is 719. The Kier molecular flexibility index (Phi) is 4.77. The molecule has 6 heteroatoms. The number of aromatic carboxylic acids is 1. The lowest BCUT2D eigenvalue weighted by atomic mass is 10.2. The molecule has 0 atom stereocenters. The molecular weight excluding hydrogens is 282 g/mol. The van der Waals surface area contributed by atoms with Gasteiger partial charge in [0.25, 0.3) is 0 Å². The van der Waals surface area contributed by atoms with E-state index in [4.69, 9.17) is 5.11 Å². The first kappa shape index (κ1) is 15.1. The van der Waals surface area contributed by atoms with E-state index in [1.54, 1.807) is 36.4 Å². The smallest absolute Gasteiger partial charge is 0.335 e. The third kappa shape index (κ3) is 4.11. The Morgan fingerprint density at radius 2 is 1.45 bits per heavy atom. The van der Waals surface area contributed by atoms with Crippen molar-refractivity contribution in [1.29, 1.82) is 0 Å². The maximum absolute atomic E-state index is 11.1. The van der Waals surface area contributed by atoms with Gasteiger partial charge in [-0.3, -0.25) is 4.79 Å². The summed E-state index contributed by atoms with van der Waals surface area (Å²) in [5.74, 6) is -1.27. The zero-order chi connectivity index (χ0) is 15.9. The average Bonchev–Trinajstić information content (AvgIpc) is 2.54. The predicted octanol–water partition coefficient (Wildman–Crippen LogP) is 3.92. The van der Waals surface area contributed by atoms with Gasteiger partial charge >= 0.3 is 5.97 Å². The van der Waals surface area contributed by atoms with Gasteiger partial charge in [0, 0.05) is 5.69 Å². The molecule has 2 rings (SSSR count). The summed E-state index contributed by atoms with van der Waals surface area (Å²) in [6, 6.07) is 12.9. The van der Waals surface area contributed by atoms with E-state index in [9.17, 15) is 9.59 Å². The Balaban J connectivity index is 2.05. The number of hydrogen-bond donors (Lipinski definition) is 2. The van der Waals surface area contributed by atoms with Gasteiger partial charge in [0.1, 0.15) is 0 Å². The van der Waals surface area contributed by atoms with Crippen LogP contribution in [0.2, 0.25) is 0 Å². The molecule has 0 bridgehead atoms. The Labute approximate surface area is 126 Å². The molecule has 0 aliphatic rings. The number of azo groups is 1. The van der Waals surface area contributed by atoms with Gasteiger partial charge < -0.3 is 10.4 Å². The number of carbonyl (C=O) groups excluding carboxylic acids is 1. The number of rotatable bonds is 5. The second kappa shape index (κ2) is 6.94. The summed E-state index contributed by atoms with van der Waals surface area (Å²) in [7, 11) is 0. The van der Waals surface area contributed by atoms with Crippen molar-refractivity contribution in [3.63, 3.8) is 0 Å². The van der Waals surface area contributed by atoms with Crippen LogP contribution in [0.1, 0.15) is 10.4 Å². The molecule has 2 aromatic rings. The standard InChI is InChI=1S/C16H13N3O3/c1-2-15(20)17-12-7-9-14(10-8-12)19-18-13-5-3-11(4-6-13)16(21)22/h2-10H,1H2,(H,17,20)(H,21,22)/b19-18+. The van der Waals surface area contributed by atoms with Crippen LogP contribution in [0.15, 0.2) is 71.4 Å². The highest BCUT2D eigenvalue weighted by Crippen LogP contribution is 2.20. The molecule has 1 amide bonds. The molecule has 0 heterocycles. The zero-order valence-electron chi connectivity index (χ0n) is 11.6. The van der Waals surface area contributed by atoms with Gasteiger partial charge in [-0.25, -0.2) is 4.79 Å². The van der Waals surface area contributed by atoms with Crippen LogP contribution >= 0.6 is 0 Å². The Morgan fingerprint density at radius 1 is 0.955 bits per heavy atom. The van der Waals surface area contributed by atoms with E-state index in [2.05, 4.69) is 22.1 Å². The lowest BCUT2D eigenvalue weighted by molar-refractivity contribution is -0.111. The lowest BCUT2D eigenvalue weighted by Crippen LogP contribution is -2.06. The van der Waals surface area contributed by atoms with Crippen LogP contribution in [0.25, 0.3) is 0 Å². The number of carboxylic acid groups (broad SMARTS) is 1. The van der Waals surface area contributed by atoms with Gasteiger partial charge in [0.15, 0.2) is 0 Å². The van der Waals surface area contributed by atoms with E-state index >= 15 is 0 Å². The molecule has 6 nitrogen and oxygen atoms in total. The third-order valence-corrected chi connectivity index (χ3v) is 2.72. The number of amides is 1. The van der Waals surface area contributed by atoms with Crippen LogP contribution in [0, 0.1) is 0 Å². The number of hydrogen-bond acceptors (Lipinski definition) is 4. The van der Waals surface area contributed by atoms with Crippen molar-refractivity contribution in [2.45, 2.75) is 0 Å². The molecule has 0 aliphatic heterocycles. The summed E-state index contributed by atoms with van der Waals surface area (Å²) in [4.78, 5) is 21.9.